The standard InChI is InChI=1S/C22H28ClNO3S/c23-20-11-5-4-7-16(20)13-18(15-28-19-9-2-1-3-10-19)21(25)24-12-6-8-17(14-24)22(26)27/h4-5,7,11,13,17,19H,1-3,6,8-10,12,14-15H2,(H,26,27)/b18-13+. The Hall–Kier alpha value is -1.46. The molecule has 1 aliphatic carbocycles. The highest BCUT2D eigenvalue weighted by Crippen LogP contribution is 2.31. The summed E-state index contributed by atoms with van der Waals surface area (Å²) in [6, 6.07) is 7.53. The Morgan fingerprint density at radius 1 is 1.14 bits per heavy atom. The Kier molecular flexibility index (Phi) is 7.86. The number of benzene rings is 1. The minimum atomic E-state index is -0.814. The highest BCUT2D eigenvalue weighted by atomic mass is 35.5. The number of rotatable bonds is 6. The normalized spacial score (nSPS) is 21.5. The third kappa shape index (κ3) is 5.77. The van der Waals surface area contributed by atoms with E-state index in [1.54, 1.807) is 4.90 Å². The Labute approximate surface area is 176 Å². The van der Waals surface area contributed by atoms with Crippen LogP contribution in [0.4, 0.5) is 0 Å². The number of carboxylic acid groups (broad SMARTS) is 1. The molecule has 1 saturated heterocycles. The summed E-state index contributed by atoms with van der Waals surface area (Å²) in [6.45, 7) is 0.915. The highest BCUT2D eigenvalue weighted by Gasteiger charge is 2.30. The summed E-state index contributed by atoms with van der Waals surface area (Å²) < 4.78 is 0. The van der Waals surface area contributed by atoms with Gasteiger partial charge in [0.2, 0.25) is 0 Å². The second kappa shape index (κ2) is 10.4. The fourth-order valence-electron chi connectivity index (χ4n) is 3.95. The van der Waals surface area contributed by atoms with Gasteiger partial charge in [-0.3, -0.25) is 9.59 Å². The zero-order valence-corrected chi connectivity index (χ0v) is 17.7. The molecule has 2 aliphatic rings. The summed E-state index contributed by atoms with van der Waals surface area (Å²) >= 11 is 8.17. The molecule has 4 nitrogen and oxygen atoms in total. The number of thioether (sulfide) groups is 1. The molecule has 3 rings (SSSR count). The van der Waals surface area contributed by atoms with E-state index in [0.29, 0.717) is 35.5 Å². The third-order valence-electron chi connectivity index (χ3n) is 5.59. The van der Waals surface area contributed by atoms with Gasteiger partial charge in [-0.2, -0.15) is 11.8 Å². The molecule has 1 unspecified atom stereocenters. The molecular weight excluding hydrogens is 394 g/mol. The van der Waals surface area contributed by atoms with E-state index in [4.69, 9.17) is 11.6 Å². The molecule has 0 bridgehead atoms. The van der Waals surface area contributed by atoms with E-state index in [-0.39, 0.29) is 5.91 Å². The molecule has 1 amide bonds. The zero-order valence-electron chi connectivity index (χ0n) is 16.1. The monoisotopic (exact) mass is 421 g/mol. The first-order valence-corrected chi connectivity index (χ1v) is 11.6. The first-order chi connectivity index (χ1) is 13.5. The van der Waals surface area contributed by atoms with Gasteiger partial charge in [-0.05, 0) is 43.4 Å². The fourth-order valence-corrected chi connectivity index (χ4v) is 5.43. The predicted octanol–water partition coefficient (Wildman–Crippen LogP) is 5.11. The van der Waals surface area contributed by atoms with Crippen molar-refractivity contribution in [1.82, 2.24) is 4.90 Å². The smallest absolute Gasteiger partial charge is 0.308 e. The van der Waals surface area contributed by atoms with Gasteiger partial charge in [0.15, 0.2) is 0 Å². The van der Waals surface area contributed by atoms with E-state index in [0.717, 1.165) is 17.6 Å². The predicted molar refractivity (Wildman–Crippen MR) is 116 cm³/mol. The number of amides is 1. The number of aliphatic carboxylic acids is 1. The molecule has 28 heavy (non-hydrogen) atoms. The van der Waals surface area contributed by atoms with Crippen molar-refractivity contribution in [3.05, 3.63) is 40.4 Å². The maximum absolute atomic E-state index is 13.3. The van der Waals surface area contributed by atoms with Gasteiger partial charge in [-0.25, -0.2) is 0 Å². The first kappa shape index (κ1) is 21.3. The van der Waals surface area contributed by atoms with E-state index in [2.05, 4.69) is 0 Å². The Morgan fingerprint density at radius 2 is 1.89 bits per heavy atom. The van der Waals surface area contributed by atoms with Crippen LogP contribution in [0, 0.1) is 5.92 Å². The molecule has 1 saturated carbocycles. The molecule has 1 aromatic rings. The molecule has 1 N–H and O–H groups in total. The summed E-state index contributed by atoms with van der Waals surface area (Å²) in [7, 11) is 0. The van der Waals surface area contributed by atoms with Crippen molar-refractivity contribution < 1.29 is 14.7 Å². The number of nitrogens with zero attached hydrogens (tertiary/aromatic N) is 1. The van der Waals surface area contributed by atoms with Crippen LogP contribution in [-0.2, 0) is 9.59 Å². The summed E-state index contributed by atoms with van der Waals surface area (Å²) in [5.41, 5.74) is 1.55. The molecule has 1 heterocycles. The lowest BCUT2D eigenvalue weighted by molar-refractivity contribution is -0.145. The summed E-state index contributed by atoms with van der Waals surface area (Å²) in [5.74, 6) is -0.687. The third-order valence-corrected chi connectivity index (χ3v) is 7.36. The maximum Gasteiger partial charge on any atom is 0.308 e. The van der Waals surface area contributed by atoms with Gasteiger partial charge in [0, 0.05) is 34.7 Å². The fraction of sp³-hybridized carbons (Fsp3) is 0.545. The average molecular weight is 422 g/mol. The highest BCUT2D eigenvalue weighted by molar-refractivity contribution is 8.00. The quantitative estimate of drug-likeness (QED) is 0.648. The lowest BCUT2D eigenvalue weighted by Crippen LogP contribution is -2.43. The maximum atomic E-state index is 13.3. The molecule has 0 radical (unpaired) electrons. The number of carbonyl (C=O) groups excluding carboxylic acids is 1. The van der Waals surface area contributed by atoms with Crippen LogP contribution in [-0.4, -0.2) is 46.0 Å². The molecule has 0 spiro atoms. The number of carboxylic acids is 1. The number of hydrogen-bond donors (Lipinski definition) is 1. The van der Waals surface area contributed by atoms with Gasteiger partial charge >= 0.3 is 5.97 Å². The second-order valence-corrected chi connectivity index (χ2v) is 9.39. The van der Waals surface area contributed by atoms with E-state index >= 15 is 0 Å². The number of piperidine rings is 1. The van der Waals surface area contributed by atoms with E-state index < -0.39 is 11.9 Å². The van der Waals surface area contributed by atoms with E-state index in [1.807, 2.05) is 42.1 Å². The van der Waals surface area contributed by atoms with Crippen LogP contribution in [0.5, 0.6) is 0 Å². The molecule has 1 atom stereocenters. The van der Waals surface area contributed by atoms with Crippen LogP contribution in [0.1, 0.15) is 50.5 Å². The molecule has 6 heteroatoms. The van der Waals surface area contributed by atoms with Crippen molar-refractivity contribution in [1.29, 1.82) is 0 Å². The molecule has 2 fully saturated rings. The lowest BCUT2D eigenvalue weighted by Gasteiger charge is -2.32. The molecule has 1 aliphatic heterocycles. The van der Waals surface area contributed by atoms with Gasteiger partial charge < -0.3 is 10.0 Å². The van der Waals surface area contributed by atoms with Crippen molar-refractivity contribution in [2.45, 2.75) is 50.2 Å². The molecule has 152 valence electrons. The van der Waals surface area contributed by atoms with Crippen LogP contribution in [0.3, 0.4) is 0 Å². The molecule has 1 aromatic carbocycles. The van der Waals surface area contributed by atoms with Crippen molar-refractivity contribution >= 4 is 41.3 Å². The first-order valence-electron chi connectivity index (χ1n) is 10.1. The van der Waals surface area contributed by atoms with Gasteiger partial charge in [-0.1, -0.05) is 49.1 Å². The minimum Gasteiger partial charge on any atom is -0.481 e. The minimum absolute atomic E-state index is 0.0471. The number of hydrogen-bond acceptors (Lipinski definition) is 3. The Bertz CT molecular complexity index is 730. The van der Waals surface area contributed by atoms with Crippen molar-refractivity contribution in [2.75, 3.05) is 18.8 Å². The SMILES string of the molecule is O=C(O)C1CCCN(C(=O)/C(=C/c2ccccc2Cl)CSC2CCCCC2)C1. The summed E-state index contributed by atoms with van der Waals surface area (Å²) in [5, 5.41) is 10.6. The Balaban J connectivity index is 1.77. The summed E-state index contributed by atoms with van der Waals surface area (Å²) in [6.07, 6.45) is 9.53. The van der Waals surface area contributed by atoms with Crippen LogP contribution >= 0.6 is 23.4 Å². The lowest BCUT2D eigenvalue weighted by atomic mass is 9.97. The van der Waals surface area contributed by atoms with Gasteiger partial charge in [0.1, 0.15) is 0 Å². The topological polar surface area (TPSA) is 57.6 Å². The van der Waals surface area contributed by atoms with Crippen molar-refractivity contribution in [2.24, 2.45) is 5.92 Å². The van der Waals surface area contributed by atoms with E-state index in [1.165, 1.54) is 32.1 Å². The van der Waals surface area contributed by atoms with Gasteiger partial charge in [0.25, 0.3) is 5.91 Å². The molecular formula is C22H28ClNO3S. The number of halogens is 1. The van der Waals surface area contributed by atoms with Crippen LogP contribution in [0.15, 0.2) is 29.8 Å². The van der Waals surface area contributed by atoms with Gasteiger partial charge in [-0.15, -0.1) is 0 Å². The van der Waals surface area contributed by atoms with Crippen molar-refractivity contribution in [3.8, 4) is 0 Å². The average Bonchev–Trinajstić information content (AvgIpc) is 2.72. The largest absolute Gasteiger partial charge is 0.481 e. The number of likely N-dealkylation sites (tertiary alicyclic amines) is 1. The van der Waals surface area contributed by atoms with E-state index in [9.17, 15) is 14.7 Å². The summed E-state index contributed by atoms with van der Waals surface area (Å²) in [4.78, 5) is 26.4. The number of carbonyl (C=O) groups is 2. The van der Waals surface area contributed by atoms with Crippen LogP contribution < -0.4 is 0 Å². The van der Waals surface area contributed by atoms with Crippen molar-refractivity contribution in [3.63, 3.8) is 0 Å². The zero-order chi connectivity index (χ0) is 19.9. The van der Waals surface area contributed by atoms with Crippen LogP contribution in [0.2, 0.25) is 5.02 Å². The van der Waals surface area contributed by atoms with Crippen LogP contribution in [0.25, 0.3) is 6.08 Å². The van der Waals surface area contributed by atoms with Gasteiger partial charge in [0.05, 0.1) is 5.92 Å². The Morgan fingerprint density at radius 3 is 2.61 bits per heavy atom. The second-order valence-electron chi connectivity index (χ2n) is 7.69. The molecule has 0 aromatic heterocycles.